The van der Waals surface area contributed by atoms with Crippen molar-refractivity contribution < 1.29 is 23.7 Å². The van der Waals surface area contributed by atoms with Gasteiger partial charge in [0.2, 0.25) is 11.5 Å². The minimum absolute atomic E-state index is 0.0869. The van der Waals surface area contributed by atoms with Gasteiger partial charge in [-0.3, -0.25) is 0 Å². The summed E-state index contributed by atoms with van der Waals surface area (Å²) in [6.07, 6.45) is 5.37. The van der Waals surface area contributed by atoms with Crippen LogP contribution in [0, 0.1) is 5.92 Å². The number of fused-ring (bicyclic) bond motifs is 1. The molecular weight excluding hydrogens is 272 g/mol. The van der Waals surface area contributed by atoms with Gasteiger partial charge in [-0.25, -0.2) is 4.79 Å². The van der Waals surface area contributed by atoms with E-state index in [-0.39, 0.29) is 23.4 Å². The maximum absolute atomic E-state index is 11.9. The predicted octanol–water partition coefficient (Wildman–Crippen LogP) is 2.79. The fourth-order valence-electron chi connectivity index (χ4n) is 3.20. The fraction of sp³-hybridized carbons (Fsp3) is 0.812. The Balaban J connectivity index is 2.36. The topological polar surface area (TPSA) is 54.0 Å². The highest BCUT2D eigenvalue weighted by molar-refractivity contribution is 5.86. The Labute approximate surface area is 126 Å². The predicted molar refractivity (Wildman–Crippen MR) is 77.5 cm³/mol. The molecule has 0 aromatic heterocycles. The molecule has 0 radical (unpaired) electrons. The zero-order chi connectivity index (χ0) is 15.7. The summed E-state index contributed by atoms with van der Waals surface area (Å²) >= 11 is 0. The van der Waals surface area contributed by atoms with E-state index in [1.54, 1.807) is 13.2 Å². The lowest BCUT2D eigenvalue weighted by molar-refractivity contribution is -0.281. The summed E-state index contributed by atoms with van der Waals surface area (Å²) in [6, 6.07) is 0. The van der Waals surface area contributed by atoms with Gasteiger partial charge in [-0.05, 0) is 39.7 Å². The van der Waals surface area contributed by atoms with Gasteiger partial charge in [0.1, 0.15) is 0 Å². The molecule has 1 fully saturated rings. The molecule has 2 aliphatic rings. The molecule has 2 rings (SSSR count). The number of carbonyl (C=O) groups is 1. The molecule has 21 heavy (non-hydrogen) atoms. The first-order chi connectivity index (χ1) is 9.81. The van der Waals surface area contributed by atoms with Crippen LogP contribution in [-0.4, -0.2) is 37.7 Å². The molecule has 1 aliphatic heterocycles. The van der Waals surface area contributed by atoms with Gasteiger partial charge in [0, 0.05) is 13.5 Å². The summed E-state index contributed by atoms with van der Waals surface area (Å²) in [5, 5.41) is 0. The maximum atomic E-state index is 11.9. The van der Waals surface area contributed by atoms with Crippen molar-refractivity contribution in [2.75, 3.05) is 14.2 Å². The van der Waals surface area contributed by atoms with Crippen molar-refractivity contribution in [3.63, 3.8) is 0 Å². The standard InChI is InChI=1S/C16H26O5/c1-15(2,3)20-12-10-13(14(17)18-4)21-16(19-5)9-7-6-8-11(12)16/h10-12H,6-9H2,1-5H3. The molecule has 1 aliphatic carbocycles. The van der Waals surface area contributed by atoms with Gasteiger partial charge >= 0.3 is 5.97 Å². The van der Waals surface area contributed by atoms with Crippen LogP contribution in [-0.2, 0) is 23.7 Å². The minimum Gasteiger partial charge on any atom is -0.463 e. The van der Waals surface area contributed by atoms with Crippen LogP contribution in [0.3, 0.4) is 0 Å². The molecule has 3 unspecified atom stereocenters. The van der Waals surface area contributed by atoms with Crippen LogP contribution in [0.25, 0.3) is 0 Å². The van der Waals surface area contributed by atoms with Crippen LogP contribution in [0.2, 0.25) is 0 Å². The number of hydrogen-bond donors (Lipinski definition) is 0. The van der Waals surface area contributed by atoms with E-state index in [4.69, 9.17) is 18.9 Å². The lowest BCUT2D eigenvalue weighted by atomic mass is 9.77. The normalized spacial score (nSPS) is 32.7. The number of hydrogen-bond acceptors (Lipinski definition) is 5. The molecule has 3 atom stereocenters. The Morgan fingerprint density at radius 2 is 2.05 bits per heavy atom. The van der Waals surface area contributed by atoms with Gasteiger partial charge in [-0.2, -0.15) is 0 Å². The fourth-order valence-corrected chi connectivity index (χ4v) is 3.20. The molecule has 0 saturated heterocycles. The second-order valence-corrected chi connectivity index (χ2v) is 6.69. The van der Waals surface area contributed by atoms with E-state index in [2.05, 4.69) is 0 Å². The summed E-state index contributed by atoms with van der Waals surface area (Å²) in [4.78, 5) is 11.9. The van der Waals surface area contributed by atoms with Gasteiger partial charge in [-0.15, -0.1) is 0 Å². The largest absolute Gasteiger partial charge is 0.463 e. The van der Waals surface area contributed by atoms with Crippen molar-refractivity contribution in [2.24, 2.45) is 5.92 Å². The summed E-state index contributed by atoms with van der Waals surface area (Å²) < 4.78 is 22.6. The SMILES string of the molecule is COC(=O)C1=CC(OC(C)(C)C)C2CCCCC2(OC)O1. The van der Waals surface area contributed by atoms with Crippen molar-refractivity contribution in [2.45, 2.75) is 63.9 Å². The second-order valence-electron chi connectivity index (χ2n) is 6.69. The van der Waals surface area contributed by atoms with Crippen LogP contribution in [0.5, 0.6) is 0 Å². The van der Waals surface area contributed by atoms with Gasteiger partial charge in [0.25, 0.3) is 0 Å². The van der Waals surface area contributed by atoms with Gasteiger partial charge in [-0.1, -0.05) is 6.42 Å². The summed E-state index contributed by atoms with van der Waals surface area (Å²) in [7, 11) is 2.98. The molecule has 0 bridgehead atoms. The number of esters is 1. The van der Waals surface area contributed by atoms with Crippen molar-refractivity contribution in [1.82, 2.24) is 0 Å². The average Bonchev–Trinajstić information content (AvgIpc) is 2.44. The van der Waals surface area contributed by atoms with E-state index in [1.807, 2.05) is 20.8 Å². The van der Waals surface area contributed by atoms with Gasteiger partial charge in [0.15, 0.2) is 0 Å². The highest BCUT2D eigenvalue weighted by Crippen LogP contribution is 2.45. The Morgan fingerprint density at radius 3 is 2.62 bits per heavy atom. The van der Waals surface area contributed by atoms with Crippen LogP contribution in [0.15, 0.2) is 11.8 Å². The molecule has 120 valence electrons. The molecule has 0 spiro atoms. The smallest absolute Gasteiger partial charge is 0.373 e. The first-order valence-corrected chi connectivity index (χ1v) is 7.53. The summed E-state index contributed by atoms with van der Waals surface area (Å²) in [6.45, 7) is 6.02. The van der Waals surface area contributed by atoms with Crippen molar-refractivity contribution >= 4 is 5.97 Å². The zero-order valence-electron chi connectivity index (χ0n) is 13.6. The van der Waals surface area contributed by atoms with E-state index in [0.717, 1.165) is 25.7 Å². The number of ether oxygens (including phenoxy) is 4. The molecule has 5 nitrogen and oxygen atoms in total. The van der Waals surface area contributed by atoms with Gasteiger partial charge < -0.3 is 18.9 Å². The maximum Gasteiger partial charge on any atom is 0.373 e. The third-order valence-electron chi connectivity index (χ3n) is 4.07. The third-order valence-corrected chi connectivity index (χ3v) is 4.07. The third kappa shape index (κ3) is 3.40. The lowest BCUT2D eigenvalue weighted by Gasteiger charge is -2.48. The monoisotopic (exact) mass is 298 g/mol. The lowest BCUT2D eigenvalue weighted by Crippen LogP contribution is -2.54. The van der Waals surface area contributed by atoms with E-state index in [9.17, 15) is 4.79 Å². The van der Waals surface area contributed by atoms with E-state index in [1.165, 1.54) is 7.11 Å². The Hall–Kier alpha value is -1.07. The van der Waals surface area contributed by atoms with Crippen molar-refractivity contribution in [3.05, 3.63) is 11.8 Å². The van der Waals surface area contributed by atoms with Crippen molar-refractivity contribution in [1.29, 1.82) is 0 Å². The molecule has 0 aromatic rings. The number of methoxy groups -OCH3 is 2. The zero-order valence-corrected chi connectivity index (χ0v) is 13.6. The molecule has 0 N–H and O–H groups in total. The van der Waals surface area contributed by atoms with Crippen LogP contribution in [0.1, 0.15) is 46.5 Å². The van der Waals surface area contributed by atoms with Crippen LogP contribution < -0.4 is 0 Å². The van der Waals surface area contributed by atoms with Crippen molar-refractivity contribution in [3.8, 4) is 0 Å². The van der Waals surface area contributed by atoms with Gasteiger partial charge in [0.05, 0.1) is 24.7 Å². The Kier molecular flexibility index (Phi) is 4.63. The Morgan fingerprint density at radius 1 is 1.33 bits per heavy atom. The molecule has 5 heteroatoms. The van der Waals surface area contributed by atoms with E-state index >= 15 is 0 Å². The quantitative estimate of drug-likeness (QED) is 0.750. The summed E-state index contributed by atoms with van der Waals surface area (Å²) in [5.41, 5.74) is -0.309. The molecule has 1 saturated carbocycles. The average molecular weight is 298 g/mol. The Bertz CT molecular complexity index is 423. The van der Waals surface area contributed by atoms with E-state index < -0.39 is 11.8 Å². The second kappa shape index (κ2) is 5.97. The molecule has 0 amide bonds. The first-order valence-electron chi connectivity index (χ1n) is 7.53. The molecule has 0 aromatic carbocycles. The minimum atomic E-state index is -0.785. The van der Waals surface area contributed by atoms with Crippen LogP contribution in [0.4, 0.5) is 0 Å². The first kappa shape index (κ1) is 16.3. The molecule has 1 heterocycles. The molecular formula is C16H26O5. The van der Waals surface area contributed by atoms with E-state index in [0.29, 0.717) is 0 Å². The summed E-state index contributed by atoms with van der Waals surface area (Å²) in [5.74, 6) is -1.000. The highest BCUT2D eigenvalue weighted by atomic mass is 16.7. The number of carbonyl (C=O) groups excluding carboxylic acids is 1. The van der Waals surface area contributed by atoms with Crippen LogP contribution >= 0.6 is 0 Å². The highest BCUT2D eigenvalue weighted by Gasteiger charge is 2.52. The number of rotatable bonds is 3.